The largest absolute Gasteiger partial charge is 0.330 e. The Morgan fingerprint density at radius 1 is 1.38 bits per heavy atom. The van der Waals surface area contributed by atoms with E-state index in [1.807, 2.05) is 0 Å². The lowest BCUT2D eigenvalue weighted by Gasteiger charge is -2.08. The van der Waals surface area contributed by atoms with Gasteiger partial charge >= 0.3 is 0 Å². The molecule has 0 aliphatic carbocycles. The summed E-state index contributed by atoms with van der Waals surface area (Å²) in [5.41, 5.74) is 2.59. The van der Waals surface area contributed by atoms with Gasteiger partial charge in [0.2, 0.25) is 0 Å². The van der Waals surface area contributed by atoms with Crippen LogP contribution in [-0.4, -0.2) is 5.25 Å². The van der Waals surface area contributed by atoms with Crippen LogP contribution >= 0.6 is 11.9 Å². The van der Waals surface area contributed by atoms with Gasteiger partial charge in [-0.3, -0.25) is 0 Å². The number of hydrogen-bond donors (Lipinski definition) is 1. The molecule has 1 aromatic carbocycles. The van der Waals surface area contributed by atoms with E-state index in [0.717, 1.165) is 6.42 Å². The molecule has 1 nitrogen and oxygen atoms in total. The highest BCUT2D eigenvalue weighted by Crippen LogP contribution is 2.17. The minimum Gasteiger partial charge on any atom is -0.330 e. The summed E-state index contributed by atoms with van der Waals surface area (Å²) in [5.74, 6) is 0. The standard InChI is InChI=1S/C11H17NS/c1-4-10-6-5-7-11(8-10)12-13-9(2)3/h5-9,12H,4H2,1-3H3. The van der Waals surface area contributed by atoms with Gasteiger partial charge in [0.1, 0.15) is 0 Å². The average molecular weight is 195 g/mol. The Labute approximate surface area is 85.1 Å². The molecule has 0 amide bonds. The molecule has 0 radical (unpaired) electrons. The van der Waals surface area contributed by atoms with Gasteiger partial charge in [-0.25, -0.2) is 0 Å². The normalized spacial score (nSPS) is 10.5. The minimum atomic E-state index is 0.616. The van der Waals surface area contributed by atoms with Crippen molar-refractivity contribution in [2.45, 2.75) is 32.4 Å². The van der Waals surface area contributed by atoms with Crippen LogP contribution in [0.15, 0.2) is 24.3 Å². The molecule has 0 spiro atoms. The highest BCUT2D eigenvalue weighted by molar-refractivity contribution is 8.01. The van der Waals surface area contributed by atoms with E-state index >= 15 is 0 Å². The quantitative estimate of drug-likeness (QED) is 0.735. The van der Waals surface area contributed by atoms with Crippen molar-refractivity contribution in [3.05, 3.63) is 29.8 Å². The monoisotopic (exact) mass is 195 g/mol. The lowest BCUT2D eigenvalue weighted by Crippen LogP contribution is -1.95. The fraction of sp³-hybridized carbons (Fsp3) is 0.455. The lowest BCUT2D eigenvalue weighted by atomic mass is 10.1. The van der Waals surface area contributed by atoms with Gasteiger partial charge < -0.3 is 4.72 Å². The third kappa shape index (κ3) is 3.73. The van der Waals surface area contributed by atoms with Crippen LogP contribution in [0.5, 0.6) is 0 Å². The van der Waals surface area contributed by atoms with Crippen molar-refractivity contribution in [2.24, 2.45) is 0 Å². The number of nitrogens with one attached hydrogen (secondary N) is 1. The van der Waals surface area contributed by atoms with Crippen molar-refractivity contribution in [3.63, 3.8) is 0 Å². The zero-order valence-electron chi connectivity index (χ0n) is 8.50. The summed E-state index contributed by atoms with van der Waals surface area (Å²) in [6.45, 7) is 6.54. The van der Waals surface area contributed by atoms with Gasteiger partial charge in [0.05, 0.1) is 0 Å². The summed E-state index contributed by atoms with van der Waals surface area (Å²) < 4.78 is 3.34. The van der Waals surface area contributed by atoms with Crippen LogP contribution < -0.4 is 4.72 Å². The summed E-state index contributed by atoms with van der Waals surface area (Å²) in [7, 11) is 0. The van der Waals surface area contributed by atoms with Crippen molar-refractivity contribution in [1.29, 1.82) is 0 Å². The molecule has 0 atom stereocenters. The second-order valence-electron chi connectivity index (χ2n) is 3.32. The van der Waals surface area contributed by atoms with Crippen molar-refractivity contribution in [2.75, 3.05) is 4.72 Å². The molecule has 0 fully saturated rings. The summed E-state index contributed by atoms with van der Waals surface area (Å²) >= 11 is 1.75. The molecule has 13 heavy (non-hydrogen) atoms. The van der Waals surface area contributed by atoms with E-state index in [-0.39, 0.29) is 0 Å². The molecule has 1 rings (SSSR count). The van der Waals surface area contributed by atoms with Crippen molar-refractivity contribution < 1.29 is 0 Å². The number of rotatable bonds is 4. The summed E-state index contributed by atoms with van der Waals surface area (Å²) in [5, 5.41) is 0.616. The first kappa shape index (κ1) is 10.5. The Bertz CT molecular complexity index is 258. The second kappa shape index (κ2) is 5.18. The SMILES string of the molecule is CCc1cccc(NSC(C)C)c1. The van der Waals surface area contributed by atoms with Gasteiger partial charge in [-0.2, -0.15) is 0 Å². The van der Waals surface area contributed by atoms with Gasteiger partial charge in [-0.1, -0.05) is 32.9 Å². The predicted molar refractivity (Wildman–Crippen MR) is 62.2 cm³/mol. The van der Waals surface area contributed by atoms with Crippen molar-refractivity contribution in [3.8, 4) is 0 Å². The molecular weight excluding hydrogens is 178 g/mol. The highest BCUT2D eigenvalue weighted by atomic mass is 32.2. The van der Waals surface area contributed by atoms with Crippen LogP contribution in [-0.2, 0) is 6.42 Å². The van der Waals surface area contributed by atoms with Gasteiger partial charge in [0.15, 0.2) is 0 Å². The van der Waals surface area contributed by atoms with Crippen LogP contribution in [0.2, 0.25) is 0 Å². The van der Waals surface area contributed by atoms with Gasteiger partial charge in [0, 0.05) is 10.9 Å². The smallest absolute Gasteiger partial charge is 0.0442 e. The topological polar surface area (TPSA) is 12.0 Å². The van der Waals surface area contributed by atoms with E-state index in [9.17, 15) is 0 Å². The molecule has 0 aliphatic rings. The van der Waals surface area contributed by atoms with E-state index < -0.39 is 0 Å². The molecule has 1 N–H and O–H groups in total. The third-order valence-corrected chi connectivity index (χ3v) is 2.57. The number of aryl methyl sites for hydroxylation is 1. The fourth-order valence-electron chi connectivity index (χ4n) is 1.04. The maximum atomic E-state index is 3.34. The average Bonchev–Trinajstić information content (AvgIpc) is 2.15. The molecule has 2 heteroatoms. The summed E-state index contributed by atoms with van der Waals surface area (Å²) in [6, 6.07) is 8.57. The third-order valence-electron chi connectivity index (χ3n) is 1.75. The summed E-state index contributed by atoms with van der Waals surface area (Å²) in [4.78, 5) is 0. The molecule has 0 aromatic heterocycles. The molecule has 0 heterocycles. The van der Waals surface area contributed by atoms with E-state index in [1.54, 1.807) is 11.9 Å². The van der Waals surface area contributed by atoms with Crippen LogP contribution in [0.25, 0.3) is 0 Å². The first-order chi connectivity index (χ1) is 6.22. The van der Waals surface area contributed by atoms with Crippen molar-refractivity contribution in [1.82, 2.24) is 0 Å². The molecule has 0 saturated heterocycles. The molecular formula is C11H17NS. The second-order valence-corrected chi connectivity index (χ2v) is 4.71. The maximum absolute atomic E-state index is 3.34. The number of hydrogen-bond acceptors (Lipinski definition) is 2. The molecule has 0 unspecified atom stereocenters. The zero-order chi connectivity index (χ0) is 9.68. The molecule has 0 bridgehead atoms. The minimum absolute atomic E-state index is 0.616. The van der Waals surface area contributed by atoms with E-state index in [4.69, 9.17) is 0 Å². The fourth-order valence-corrected chi connectivity index (χ4v) is 1.54. The van der Waals surface area contributed by atoms with E-state index in [2.05, 4.69) is 49.8 Å². The highest BCUT2D eigenvalue weighted by Gasteiger charge is 1.96. The maximum Gasteiger partial charge on any atom is 0.0442 e. The first-order valence-electron chi connectivity index (χ1n) is 4.73. The Balaban J connectivity index is 2.56. The van der Waals surface area contributed by atoms with Crippen LogP contribution in [0, 0.1) is 0 Å². The Morgan fingerprint density at radius 3 is 2.77 bits per heavy atom. The van der Waals surface area contributed by atoms with Gasteiger partial charge in [0.25, 0.3) is 0 Å². The Hall–Kier alpha value is -0.630. The first-order valence-corrected chi connectivity index (χ1v) is 5.61. The van der Waals surface area contributed by atoms with Crippen LogP contribution in [0.4, 0.5) is 5.69 Å². The van der Waals surface area contributed by atoms with E-state index in [0.29, 0.717) is 5.25 Å². The molecule has 0 aliphatic heterocycles. The lowest BCUT2D eigenvalue weighted by molar-refractivity contribution is 1.12. The van der Waals surface area contributed by atoms with Gasteiger partial charge in [-0.05, 0) is 36.1 Å². The number of anilines is 1. The van der Waals surface area contributed by atoms with Crippen LogP contribution in [0.1, 0.15) is 26.3 Å². The molecule has 1 aromatic rings. The summed E-state index contributed by atoms with van der Waals surface area (Å²) in [6.07, 6.45) is 1.10. The van der Waals surface area contributed by atoms with Gasteiger partial charge in [-0.15, -0.1) is 0 Å². The van der Waals surface area contributed by atoms with E-state index in [1.165, 1.54) is 11.3 Å². The Morgan fingerprint density at radius 2 is 2.15 bits per heavy atom. The molecule has 0 saturated carbocycles. The zero-order valence-corrected chi connectivity index (χ0v) is 9.32. The van der Waals surface area contributed by atoms with Crippen LogP contribution in [0.3, 0.4) is 0 Å². The number of benzene rings is 1. The van der Waals surface area contributed by atoms with Crippen molar-refractivity contribution >= 4 is 17.6 Å². The molecule has 72 valence electrons. The predicted octanol–water partition coefficient (Wildman–Crippen LogP) is 3.72. The Kier molecular flexibility index (Phi) is 4.16.